The molecule has 0 aliphatic carbocycles. The molecule has 2 N–H and O–H groups in total. The number of thioether (sulfide) groups is 1. The zero-order valence-corrected chi connectivity index (χ0v) is 11.4. The maximum Gasteiger partial charge on any atom is 0.221 e. The van der Waals surface area contributed by atoms with E-state index in [9.17, 15) is 4.79 Å². The first-order chi connectivity index (χ1) is 7.63. The Hall–Kier alpha value is -0.220. The van der Waals surface area contributed by atoms with Crippen molar-refractivity contribution in [3.63, 3.8) is 0 Å². The van der Waals surface area contributed by atoms with Gasteiger partial charge in [-0.2, -0.15) is 11.8 Å². The van der Waals surface area contributed by atoms with Crippen LogP contribution in [0.2, 0.25) is 0 Å². The molecule has 1 aliphatic heterocycles. The summed E-state index contributed by atoms with van der Waals surface area (Å²) in [6.07, 6.45) is 1.63. The van der Waals surface area contributed by atoms with Crippen LogP contribution in [0, 0.1) is 5.92 Å². The van der Waals surface area contributed by atoms with E-state index in [2.05, 4.69) is 31.4 Å². The fraction of sp³-hybridized carbons (Fsp3) is 0.917. The molecule has 2 atom stereocenters. The summed E-state index contributed by atoms with van der Waals surface area (Å²) in [5, 5.41) is 6.51. The molecule has 0 aromatic carbocycles. The molecule has 0 spiro atoms. The van der Waals surface area contributed by atoms with Gasteiger partial charge in [-0.05, 0) is 12.3 Å². The first-order valence-electron chi connectivity index (χ1n) is 6.24. The molecule has 1 heterocycles. The smallest absolute Gasteiger partial charge is 0.221 e. The lowest BCUT2D eigenvalue weighted by Gasteiger charge is -2.25. The van der Waals surface area contributed by atoms with Crippen molar-refractivity contribution in [2.24, 2.45) is 5.92 Å². The van der Waals surface area contributed by atoms with Crippen molar-refractivity contribution in [3.8, 4) is 0 Å². The molecule has 0 bridgehead atoms. The van der Waals surface area contributed by atoms with Gasteiger partial charge in [-0.3, -0.25) is 4.79 Å². The summed E-state index contributed by atoms with van der Waals surface area (Å²) in [4.78, 5) is 11.8. The summed E-state index contributed by atoms with van der Waals surface area (Å²) >= 11 is 1.93. The molecule has 4 heteroatoms. The Kier molecular flexibility index (Phi) is 6.21. The zero-order chi connectivity index (χ0) is 12.0. The Morgan fingerprint density at radius 2 is 2.31 bits per heavy atom. The third-order valence-corrected chi connectivity index (χ3v) is 4.15. The second kappa shape index (κ2) is 7.17. The average molecular weight is 244 g/mol. The van der Waals surface area contributed by atoms with Crippen LogP contribution in [0.3, 0.4) is 0 Å². The molecule has 94 valence electrons. The van der Waals surface area contributed by atoms with Crippen LogP contribution in [0.4, 0.5) is 0 Å². The van der Waals surface area contributed by atoms with Gasteiger partial charge in [-0.15, -0.1) is 0 Å². The van der Waals surface area contributed by atoms with Crippen LogP contribution >= 0.6 is 11.8 Å². The predicted molar refractivity (Wildman–Crippen MR) is 70.8 cm³/mol. The normalized spacial score (nSPS) is 23.1. The minimum Gasteiger partial charge on any atom is -0.353 e. The molecule has 0 aromatic rings. The van der Waals surface area contributed by atoms with E-state index in [1.54, 1.807) is 0 Å². The maximum absolute atomic E-state index is 11.8. The van der Waals surface area contributed by atoms with Crippen molar-refractivity contribution >= 4 is 17.7 Å². The molecule has 0 aromatic heterocycles. The van der Waals surface area contributed by atoms with Crippen molar-refractivity contribution in [2.75, 3.05) is 18.1 Å². The first kappa shape index (κ1) is 13.8. The number of nitrogens with one attached hydrogen (secondary N) is 2. The van der Waals surface area contributed by atoms with Crippen molar-refractivity contribution < 1.29 is 4.79 Å². The van der Waals surface area contributed by atoms with Gasteiger partial charge in [0.05, 0.1) is 0 Å². The van der Waals surface area contributed by atoms with E-state index >= 15 is 0 Å². The van der Waals surface area contributed by atoms with Crippen LogP contribution < -0.4 is 10.6 Å². The lowest BCUT2D eigenvalue weighted by atomic mass is 10.0. The van der Waals surface area contributed by atoms with Crippen molar-refractivity contribution in [3.05, 3.63) is 0 Å². The Labute approximate surface area is 103 Å². The summed E-state index contributed by atoms with van der Waals surface area (Å²) in [7, 11) is 0. The molecule has 0 saturated carbocycles. The second-order valence-corrected chi connectivity index (χ2v) is 5.91. The van der Waals surface area contributed by atoms with E-state index in [1.807, 2.05) is 11.8 Å². The van der Waals surface area contributed by atoms with Crippen molar-refractivity contribution in [1.29, 1.82) is 0 Å². The molecule has 1 saturated heterocycles. The lowest BCUT2D eigenvalue weighted by molar-refractivity contribution is -0.122. The number of carbonyl (C=O) groups excluding carboxylic acids is 1. The van der Waals surface area contributed by atoms with Crippen LogP contribution in [-0.2, 0) is 4.79 Å². The summed E-state index contributed by atoms with van der Waals surface area (Å²) in [5.74, 6) is 2.94. The van der Waals surface area contributed by atoms with Gasteiger partial charge in [0.1, 0.15) is 0 Å². The van der Waals surface area contributed by atoms with E-state index in [4.69, 9.17) is 0 Å². The largest absolute Gasteiger partial charge is 0.353 e. The monoisotopic (exact) mass is 244 g/mol. The number of carbonyl (C=O) groups is 1. The van der Waals surface area contributed by atoms with Gasteiger partial charge in [0.25, 0.3) is 0 Å². The molecule has 1 rings (SSSR count). The van der Waals surface area contributed by atoms with Crippen molar-refractivity contribution in [1.82, 2.24) is 10.6 Å². The highest BCUT2D eigenvalue weighted by Gasteiger charge is 2.19. The highest BCUT2D eigenvalue weighted by Crippen LogP contribution is 2.11. The molecular weight excluding hydrogens is 220 g/mol. The highest BCUT2D eigenvalue weighted by atomic mass is 32.2. The summed E-state index contributed by atoms with van der Waals surface area (Å²) in [6.45, 7) is 7.47. The molecule has 16 heavy (non-hydrogen) atoms. The van der Waals surface area contributed by atoms with Gasteiger partial charge in [-0.25, -0.2) is 0 Å². The SMILES string of the molecule is CCC(NC(=O)CC1CSCCN1)C(C)C. The lowest BCUT2D eigenvalue weighted by Crippen LogP contribution is -2.44. The second-order valence-electron chi connectivity index (χ2n) is 4.76. The number of amides is 1. The van der Waals surface area contributed by atoms with E-state index in [0.29, 0.717) is 24.4 Å². The Morgan fingerprint density at radius 1 is 1.56 bits per heavy atom. The minimum absolute atomic E-state index is 0.195. The molecule has 1 aliphatic rings. The van der Waals surface area contributed by atoms with Gasteiger partial charge < -0.3 is 10.6 Å². The highest BCUT2D eigenvalue weighted by molar-refractivity contribution is 7.99. The topological polar surface area (TPSA) is 41.1 Å². The van der Waals surface area contributed by atoms with Crippen molar-refractivity contribution in [2.45, 2.75) is 45.7 Å². The van der Waals surface area contributed by atoms with Gasteiger partial charge >= 0.3 is 0 Å². The van der Waals surface area contributed by atoms with Gasteiger partial charge in [0.2, 0.25) is 5.91 Å². The third kappa shape index (κ3) is 4.74. The Morgan fingerprint density at radius 3 is 2.81 bits per heavy atom. The Bertz CT molecular complexity index is 215. The Balaban J connectivity index is 2.28. The zero-order valence-electron chi connectivity index (χ0n) is 10.6. The molecule has 2 unspecified atom stereocenters. The van der Waals surface area contributed by atoms with E-state index in [1.165, 1.54) is 5.75 Å². The van der Waals surface area contributed by atoms with E-state index in [-0.39, 0.29) is 5.91 Å². The van der Waals surface area contributed by atoms with Crippen LogP contribution in [-0.4, -0.2) is 36.0 Å². The van der Waals surface area contributed by atoms with Crippen LogP contribution in [0.5, 0.6) is 0 Å². The maximum atomic E-state index is 11.8. The predicted octanol–water partition coefficient (Wildman–Crippen LogP) is 1.63. The van der Waals surface area contributed by atoms with Gasteiger partial charge in [0, 0.05) is 36.6 Å². The quantitative estimate of drug-likeness (QED) is 0.772. The van der Waals surface area contributed by atoms with E-state index in [0.717, 1.165) is 18.7 Å². The van der Waals surface area contributed by atoms with Crippen LogP contribution in [0.25, 0.3) is 0 Å². The number of hydrogen-bond acceptors (Lipinski definition) is 3. The fourth-order valence-corrected chi connectivity index (χ4v) is 2.93. The fourth-order valence-electron chi connectivity index (χ4n) is 1.98. The molecular formula is C12H24N2OS. The molecule has 3 nitrogen and oxygen atoms in total. The minimum atomic E-state index is 0.195. The van der Waals surface area contributed by atoms with E-state index < -0.39 is 0 Å². The third-order valence-electron chi connectivity index (χ3n) is 3.02. The summed E-state index contributed by atoms with van der Waals surface area (Å²) in [5.41, 5.74) is 0. The number of rotatable bonds is 5. The average Bonchev–Trinajstić information content (AvgIpc) is 2.27. The van der Waals surface area contributed by atoms with Crippen LogP contribution in [0.1, 0.15) is 33.6 Å². The summed E-state index contributed by atoms with van der Waals surface area (Å²) < 4.78 is 0. The standard InChI is InChI=1S/C12H24N2OS/c1-4-11(9(2)3)14-12(15)7-10-8-16-6-5-13-10/h9-11,13H,4-8H2,1-3H3,(H,14,15). The number of hydrogen-bond donors (Lipinski definition) is 2. The summed E-state index contributed by atoms with van der Waals surface area (Å²) in [6, 6.07) is 0.687. The molecule has 0 radical (unpaired) electrons. The molecule has 1 fully saturated rings. The molecule has 1 amide bonds. The van der Waals surface area contributed by atoms with Gasteiger partial charge in [-0.1, -0.05) is 20.8 Å². The van der Waals surface area contributed by atoms with Gasteiger partial charge in [0.15, 0.2) is 0 Å². The first-order valence-corrected chi connectivity index (χ1v) is 7.39. The van der Waals surface area contributed by atoms with Crippen LogP contribution in [0.15, 0.2) is 0 Å².